The molecule has 0 spiro atoms. The normalized spacial score (nSPS) is 10.6. The molecule has 25 heavy (non-hydrogen) atoms. The number of benzene rings is 2. The molecule has 0 amide bonds. The van der Waals surface area contributed by atoms with E-state index >= 15 is 0 Å². The Hall–Kier alpha value is -3.34. The lowest BCUT2D eigenvalue weighted by Gasteiger charge is -1.99. The highest BCUT2D eigenvalue weighted by molar-refractivity contribution is 7.99. The number of rotatable bonds is 5. The molecule has 0 bridgehead atoms. The fourth-order valence-electron chi connectivity index (χ4n) is 1.90. The predicted octanol–water partition coefficient (Wildman–Crippen LogP) is 3.84. The van der Waals surface area contributed by atoms with Crippen LogP contribution in [0.1, 0.15) is 0 Å². The third kappa shape index (κ3) is 3.61. The van der Waals surface area contributed by atoms with Gasteiger partial charge in [-0.05, 0) is 42.1 Å². The van der Waals surface area contributed by atoms with Gasteiger partial charge in [0.1, 0.15) is 5.82 Å². The Morgan fingerprint density at radius 1 is 1.00 bits per heavy atom. The molecule has 0 saturated carbocycles. The van der Waals surface area contributed by atoms with Gasteiger partial charge in [0, 0.05) is 11.6 Å². The minimum atomic E-state index is -0.730. The fraction of sp³-hybridized carbons (Fsp3) is 0. The molecule has 0 aliphatic heterocycles. The van der Waals surface area contributed by atoms with Crippen molar-refractivity contribution >= 4 is 23.1 Å². The van der Waals surface area contributed by atoms with Crippen molar-refractivity contribution in [3.63, 3.8) is 0 Å². The van der Waals surface area contributed by atoms with Crippen molar-refractivity contribution in [3.05, 3.63) is 68.5 Å². The smallest absolute Gasteiger partial charge is 0.290 e. The molecular weight excluding hydrogens is 355 g/mol. The molecule has 0 aliphatic rings. The first-order chi connectivity index (χ1) is 11.9. The first-order valence-electron chi connectivity index (χ1n) is 6.64. The van der Waals surface area contributed by atoms with Gasteiger partial charge < -0.3 is 4.42 Å². The maximum atomic E-state index is 12.9. The number of nitro groups is 2. The van der Waals surface area contributed by atoms with Gasteiger partial charge in [-0.3, -0.25) is 20.2 Å². The molecule has 0 atom stereocenters. The van der Waals surface area contributed by atoms with E-state index in [1.807, 2.05) is 0 Å². The van der Waals surface area contributed by atoms with E-state index in [0.717, 1.165) is 23.9 Å². The van der Waals surface area contributed by atoms with Crippen LogP contribution in [0.25, 0.3) is 11.5 Å². The Morgan fingerprint density at radius 2 is 1.72 bits per heavy atom. The monoisotopic (exact) mass is 362 g/mol. The van der Waals surface area contributed by atoms with Crippen LogP contribution in [0.15, 0.2) is 57.0 Å². The molecule has 3 aromatic rings. The van der Waals surface area contributed by atoms with Crippen molar-refractivity contribution in [2.24, 2.45) is 0 Å². The fourth-order valence-corrected chi connectivity index (χ4v) is 2.67. The largest absolute Gasteiger partial charge is 0.411 e. The average molecular weight is 362 g/mol. The van der Waals surface area contributed by atoms with E-state index < -0.39 is 27.0 Å². The highest BCUT2D eigenvalue weighted by atomic mass is 32.2. The molecule has 0 fully saturated rings. The second kappa shape index (κ2) is 6.65. The predicted molar refractivity (Wildman–Crippen MR) is 83.6 cm³/mol. The van der Waals surface area contributed by atoms with Gasteiger partial charge in [0.2, 0.25) is 5.89 Å². The van der Waals surface area contributed by atoms with Crippen molar-refractivity contribution in [3.8, 4) is 11.5 Å². The van der Waals surface area contributed by atoms with Crippen molar-refractivity contribution in [1.29, 1.82) is 0 Å². The maximum absolute atomic E-state index is 12.9. The third-order valence-corrected chi connectivity index (χ3v) is 3.95. The zero-order valence-electron chi connectivity index (χ0n) is 12.2. The third-order valence-electron chi connectivity index (χ3n) is 3.04. The second-order valence-electron chi connectivity index (χ2n) is 4.65. The van der Waals surface area contributed by atoms with E-state index in [-0.39, 0.29) is 16.0 Å². The zero-order valence-corrected chi connectivity index (χ0v) is 13.0. The summed E-state index contributed by atoms with van der Waals surface area (Å²) in [4.78, 5) is 20.5. The summed E-state index contributed by atoms with van der Waals surface area (Å²) in [6.07, 6.45) is 0. The number of hydrogen-bond donors (Lipinski definition) is 0. The lowest BCUT2D eigenvalue weighted by Crippen LogP contribution is -1.94. The van der Waals surface area contributed by atoms with Crippen LogP contribution >= 0.6 is 11.8 Å². The van der Waals surface area contributed by atoms with Crippen LogP contribution in [0, 0.1) is 26.0 Å². The van der Waals surface area contributed by atoms with Crippen LogP contribution in [0.5, 0.6) is 0 Å². The summed E-state index contributed by atoms with van der Waals surface area (Å²) >= 11 is 0.803. The van der Waals surface area contributed by atoms with Crippen LogP contribution in [-0.4, -0.2) is 20.0 Å². The van der Waals surface area contributed by atoms with Gasteiger partial charge in [0.15, 0.2) is 0 Å². The molecule has 11 heteroatoms. The average Bonchev–Trinajstić information content (AvgIpc) is 3.04. The van der Waals surface area contributed by atoms with Gasteiger partial charge in [0.05, 0.1) is 20.8 Å². The van der Waals surface area contributed by atoms with E-state index in [2.05, 4.69) is 10.2 Å². The molecule has 1 heterocycles. The van der Waals surface area contributed by atoms with Gasteiger partial charge in [-0.1, -0.05) is 0 Å². The van der Waals surface area contributed by atoms with E-state index in [1.54, 1.807) is 0 Å². The van der Waals surface area contributed by atoms with E-state index in [0.29, 0.717) is 5.56 Å². The summed E-state index contributed by atoms with van der Waals surface area (Å²) in [6.45, 7) is 0. The number of aromatic nitrogens is 2. The maximum Gasteiger partial charge on any atom is 0.290 e. The molecule has 0 N–H and O–H groups in total. The first-order valence-corrected chi connectivity index (χ1v) is 7.46. The summed E-state index contributed by atoms with van der Waals surface area (Å²) in [6, 6.07) is 8.60. The summed E-state index contributed by atoms with van der Waals surface area (Å²) in [5.41, 5.74) is -0.353. The van der Waals surface area contributed by atoms with Crippen molar-refractivity contribution < 1.29 is 18.7 Å². The number of halogens is 1. The molecule has 3 rings (SSSR count). The minimum Gasteiger partial charge on any atom is -0.411 e. The highest BCUT2D eigenvalue weighted by Gasteiger charge is 2.22. The first kappa shape index (κ1) is 16.5. The summed E-state index contributed by atoms with van der Waals surface area (Å²) in [7, 11) is 0. The Kier molecular flexibility index (Phi) is 4.39. The molecule has 9 nitrogen and oxygen atoms in total. The van der Waals surface area contributed by atoms with Gasteiger partial charge in [-0.2, -0.15) is 0 Å². The zero-order chi connectivity index (χ0) is 18.0. The minimum absolute atomic E-state index is 0.0104. The standard InChI is InChI=1S/C14H7FN4O5S/c15-9-3-1-8(2-4-9)13-16-17-14(24-13)25-12-6-5-10(18(20)21)7-11(12)19(22)23/h1-7H. The van der Waals surface area contributed by atoms with Gasteiger partial charge in [-0.25, -0.2) is 4.39 Å². The lowest BCUT2D eigenvalue weighted by atomic mass is 10.2. The lowest BCUT2D eigenvalue weighted by molar-refractivity contribution is -0.396. The molecule has 2 aromatic carbocycles. The number of non-ortho nitro benzene ring substituents is 1. The quantitative estimate of drug-likeness (QED) is 0.495. The Bertz CT molecular complexity index is 960. The van der Waals surface area contributed by atoms with E-state index in [1.165, 1.54) is 30.3 Å². The molecule has 126 valence electrons. The van der Waals surface area contributed by atoms with Gasteiger partial charge in [0.25, 0.3) is 16.6 Å². The number of nitro benzene ring substituents is 2. The molecule has 0 aliphatic carbocycles. The van der Waals surface area contributed by atoms with E-state index in [9.17, 15) is 24.6 Å². The van der Waals surface area contributed by atoms with Gasteiger partial charge >= 0.3 is 0 Å². The molecule has 0 radical (unpaired) electrons. The van der Waals surface area contributed by atoms with Crippen molar-refractivity contribution in [2.45, 2.75) is 10.1 Å². The molecule has 0 saturated heterocycles. The van der Waals surface area contributed by atoms with E-state index in [4.69, 9.17) is 4.42 Å². The summed E-state index contributed by atoms with van der Waals surface area (Å²) in [5, 5.41) is 29.4. The molecule has 1 aromatic heterocycles. The second-order valence-corrected chi connectivity index (χ2v) is 5.64. The number of hydrogen-bond acceptors (Lipinski definition) is 8. The number of nitrogens with zero attached hydrogens (tertiary/aromatic N) is 4. The topological polar surface area (TPSA) is 125 Å². The Balaban J connectivity index is 1.89. The van der Waals surface area contributed by atoms with Crippen molar-refractivity contribution in [2.75, 3.05) is 0 Å². The summed E-state index contributed by atoms with van der Waals surface area (Å²) < 4.78 is 18.3. The van der Waals surface area contributed by atoms with Crippen LogP contribution in [0.4, 0.5) is 15.8 Å². The Morgan fingerprint density at radius 3 is 2.36 bits per heavy atom. The van der Waals surface area contributed by atoms with Crippen LogP contribution in [0.2, 0.25) is 0 Å². The highest BCUT2D eigenvalue weighted by Crippen LogP contribution is 2.37. The SMILES string of the molecule is O=[N+]([O-])c1ccc(Sc2nnc(-c3ccc(F)cc3)o2)c([N+](=O)[O-])c1. The van der Waals surface area contributed by atoms with Crippen LogP contribution in [-0.2, 0) is 0 Å². The van der Waals surface area contributed by atoms with Crippen LogP contribution in [0.3, 0.4) is 0 Å². The van der Waals surface area contributed by atoms with Crippen molar-refractivity contribution in [1.82, 2.24) is 10.2 Å². The van der Waals surface area contributed by atoms with Gasteiger partial charge in [-0.15, -0.1) is 10.2 Å². The van der Waals surface area contributed by atoms with Crippen LogP contribution < -0.4 is 0 Å². The summed E-state index contributed by atoms with van der Waals surface area (Å²) in [5.74, 6) is -0.300. The Labute approximate surface area is 142 Å². The molecular formula is C14H7FN4O5S. The molecule has 0 unspecified atom stereocenters.